The third kappa shape index (κ3) is 14.1. The highest BCUT2D eigenvalue weighted by Crippen LogP contribution is 2.34. The molecule has 4 N–H and O–H groups in total. The van der Waals surface area contributed by atoms with Gasteiger partial charge in [0.05, 0.1) is 18.2 Å². The number of ether oxygens (including phenoxy) is 1. The van der Waals surface area contributed by atoms with Gasteiger partial charge in [-0.3, -0.25) is 0 Å². The number of carbonyl (C=O) groups is 1. The lowest BCUT2D eigenvalue weighted by molar-refractivity contribution is -0.127. The van der Waals surface area contributed by atoms with Crippen LogP contribution >= 0.6 is 34.3 Å². The zero-order valence-electron chi connectivity index (χ0n) is 27.6. The number of nitrogens with zero attached hydrogens (tertiary/aromatic N) is 5. The van der Waals surface area contributed by atoms with E-state index in [0.717, 1.165) is 74.5 Å². The number of rotatable bonds is 4. The monoisotopic (exact) mass is 784 g/mol. The number of nitrogens with one attached hydrogen (secondary N) is 2. The van der Waals surface area contributed by atoms with Gasteiger partial charge in [0.2, 0.25) is 0 Å². The number of piperidine rings is 2. The molecule has 0 atom stereocenters. The first-order chi connectivity index (χ1) is 23.3. The van der Waals surface area contributed by atoms with Gasteiger partial charge in [-0.25, -0.2) is 24.7 Å². The van der Waals surface area contributed by atoms with E-state index in [4.69, 9.17) is 22.1 Å². The minimum atomic E-state index is -4.21. The summed E-state index contributed by atoms with van der Waals surface area (Å²) in [5.74, 6) is 0.636. The molecule has 10 nitrogen and oxygen atoms in total. The minimum Gasteiger partial charge on any atom is -0.444 e. The SMILES string of the molecule is C.CC(C)(C)OC(=O)N1CCC(N)CC1.FC(F)(F)Cc1cc2c(Cl)ncnc2s1.FC(F)(F)Cc1cc2c(NC3CCNCC3)ncnc2s1. The van der Waals surface area contributed by atoms with Crippen molar-refractivity contribution in [3.63, 3.8) is 0 Å². The number of carbonyl (C=O) groups excluding carboxylic acids is 1. The van der Waals surface area contributed by atoms with Crippen molar-refractivity contribution in [1.82, 2.24) is 30.2 Å². The molecule has 2 aliphatic rings. The Labute approximate surface area is 305 Å². The van der Waals surface area contributed by atoms with Crippen LogP contribution in [-0.4, -0.2) is 87.1 Å². The first-order valence-corrected chi connectivity index (χ1v) is 17.8. The molecule has 0 aliphatic carbocycles. The van der Waals surface area contributed by atoms with Crippen LogP contribution in [0.2, 0.25) is 5.15 Å². The maximum Gasteiger partial charge on any atom is 0.410 e. The topological polar surface area (TPSA) is 131 Å². The molecular formula is C32H43ClF6N8O2S2. The van der Waals surface area contributed by atoms with E-state index in [0.29, 0.717) is 32.3 Å². The van der Waals surface area contributed by atoms with Gasteiger partial charge in [0.25, 0.3) is 0 Å². The fourth-order valence-corrected chi connectivity index (χ4v) is 7.33. The van der Waals surface area contributed by atoms with E-state index in [1.165, 1.54) is 18.7 Å². The fraction of sp³-hybridized carbons (Fsp3) is 0.594. The van der Waals surface area contributed by atoms with E-state index in [1.807, 2.05) is 20.8 Å². The van der Waals surface area contributed by atoms with Crippen LogP contribution in [0.4, 0.5) is 37.0 Å². The molecule has 0 aromatic carbocycles. The number of anilines is 1. The summed E-state index contributed by atoms with van der Waals surface area (Å²) < 4.78 is 79.1. The Morgan fingerprint density at radius 3 is 1.92 bits per heavy atom. The smallest absolute Gasteiger partial charge is 0.410 e. The van der Waals surface area contributed by atoms with Crippen LogP contribution in [0.5, 0.6) is 0 Å². The molecule has 51 heavy (non-hydrogen) atoms. The van der Waals surface area contributed by atoms with Gasteiger partial charge in [-0.15, -0.1) is 22.7 Å². The molecule has 1 amide bonds. The third-order valence-corrected chi connectivity index (χ3v) is 9.72. The number of hydrogen-bond donors (Lipinski definition) is 3. The summed E-state index contributed by atoms with van der Waals surface area (Å²) in [7, 11) is 0. The van der Waals surface area contributed by atoms with Crippen LogP contribution in [-0.2, 0) is 17.6 Å². The van der Waals surface area contributed by atoms with Crippen LogP contribution in [0.15, 0.2) is 24.8 Å². The molecular weight excluding hydrogens is 742 g/mol. The van der Waals surface area contributed by atoms with Crippen LogP contribution in [0, 0.1) is 0 Å². The maximum absolute atomic E-state index is 12.5. The Hall–Kier alpha value is -3.06. The zero-order valence-corrected chi connectivity index (χ0v) is 30.0. The molecule has 6 rings (SSSR count). The van der Waals surface area contributed by atoms with Crippen LogP contribution in [0.3, 0.4) is 0 Å². The number of aromatic nitrogens is 4. The normalized spacial score (nSPS) is 16.1. The molecule has 6 heterocycles. The molecule has 2 aliphatic heterocycles. The van der Waals surface area contributed by atoms with E-state index in [9.17, 15) is 31.1 Å². The fourth-order valence-electron chi connectivity index (χ4n) is 5.03. The van der Waals surface area contributed by atoms with Gasteiger partial charge < -0.3 is 26.0 Å². The average Bonchev–Trinajstić information content (AvgIpc) is 3.60. The number of halogens is 7. The molecule has 0 radical (unpaired) electrons. The molecule has 0 bridgehead atoms. The number of fused-ring (bicyclic) bond motifs is 2. The molecule has 4 aromatic rings. The van der Waals surface area contributed by atoms with Crippen molar-refractivity contribution < 1.29 is 35.9 Å². The summed E-state index contributed by atoms with van der Waals surface area (Å²) in [6.45, 7) is 8.94. The van der Waals surface area contributed by atoms with Crippen molar-refractivity contribution in [3.05, 3.63) is 39.7 Å². The molecule has 0 spiro atoms. The highest BCUT2D eigenvalue weighted by Gasteiger charge is 2.30. The number of alkyl halides is 6. The van der Waals surface area contributed by atoms with E-state index < -0.39 is 30.8 Å². The summed E-state index contributed by atoms with van der Waals surface area (Å²) in [5, 5.41) is 7.95. The van der Waals surface area contributed by atoms with Gasteiger partial charge in [0.1, 0.15) is 38.9 Å². The van der Waals surface area contributed by atoms with E-state index in [1.54, 1.807) is 11.0 Å². The molecule has 0 unspecified atom stereocenters. The van der Waals surface area contributed by atoms with Gasteiger partial charge in [0.15, 0.2) is 0 Å². The largest absolute Gasteiger partial charge is 0.444 e. The van der Waals surface area contributed by atoms with Crippen LogP contribution in [0.25, 0.3) is 20.4 Å². The Morgan fingerprint density at radius 1 is 0.902 bits per heavy atom. The lowest BCUT2D eigenvalue weighted by Gasteiger charge is -2.32. The standard InChI is InChI=1S/C13H15F3N4S.C10H20N2O2.C8H4ClF3N2S.CH4/c14-13(15,16)6-9-5-10-11(18-7-19-12(10)21-9)20-8-1-3-17-4-2-8;1-10(2,3)14-9(13)12-6-4-8(11)5-7-12;9-6-5-1-4(2-8(10,11)12)15-7(5)14-3-13-6;/h5,7-8,17H,1-4,6H2,(H,18,19,20);8H,4-7,11H2,1-3H3;1,3H,2H2;1H4. The van der Waals surface area contributed by atoms with Gasteiger partial charge in [-0.2, -0.15) is 26.3 Å². The number of likely N-dealkylation sites (tertiary alicyclic amines) is 1. The highest BCUT2D eigenvalue weighted by molar-refractivity contribution is 7.19. The van der Waals surface area contributed by atoms with Gasteiger partial charge >= 0.3 is 18.4 Å². The Bertz CT molecular complexity index is 1700. The Balaban J connectivity index is 0.000000211. The highest BCUT2D eigenvalue weighted by atomic mass is 35.5. The number of thiophene rings is 2. The van der Waals surface area contributed by atoms with Crippen molar-refractivity contribution in [2.24, 2.45) is 5.73 Å². The number of amides is 1. The lowest BCUT2D eigenvalue weighted by atomic mass is 10.1. The van der Waals surface area contributed by atoms with Gasteiger partial charge in [0, 0.05) is 40.3 Å². The van der Waals surface area contributed by atoms with Crippen molar-refractivity contribution >= 4 is 66.6 Å². The quantitative estimate of drug-likeness (QED) is 0.138. The summed E-state index contributed by atoms with van der Waals surface area (Å²) in [4.78, 5) is 30.7. The van der Waals surface area contributed by atoms with Crippen molar-refractivity contribution in [3.8, 4) is 0 Å². The van der Waals surface area contributed by atoms with Crippen LogP contribution < -0.4 is 16.4 Å². The summed E-state index contributed by atoms with van der Waals surface area (Å²) >= 11 is 7.78. The van der Waals surface area contributed by atoms with E-state index in [2.05, 4.69) is 30.6 Å². The summed E-state index contributed by atoms with van der Waals surface area (Å²) in [6.07, 6.45) is -4.15. The second-order valence-electron chi connectivity index (χ2n) is 12.8. The molecule has 19 heteroatoms. The van der Waals surface area contributed by atoms with Crippen molar-refractivity contribution in [2.75, 3.05) is 31.5 Å². The summed E-state index contributed by atoms with van der Waals surface area (Å²) in [6, 6.07) is 3.48. The first-order valence-electron chi connectivity index (χ1n) is 15.8. The van der Waals surface area contributed by atoms with Gasteiger partial charge in [-0.1, -0.05) is 19.0 Å². The second-order valence-corrected chi connectivity index (χ2v) is 15.4. The molecule has 284 valence electrons. The van der Waals surface area contributed by atoms with E-state index >= 15 is 0 Å². The Kier molecular flexibility index (Phi) is 15.0. The second kappa shape index (κ2) is 18.1. The van der Waals surface area contributed by atoms with Crippen LogP contribution in [0.1, 0.15) is 63.6 Å². The van der Waals surface area contributed by atoms with E-state index in [-0.39, 0.29) is 34.5 Å². The maximum atomic E-state index is 12.5. The molecule has 4 aromatic heterocycles. The van der Waals surface area contributed by atoms with Crippen molar-refractivity contribution in [2.45, 2.75) is 96.8 Å². The molecule has 0 saturated carbocycles. The average molecular weight is 785 g/mol. The Morgan fingerprint density at radius 2 is 1.41 bits per heavy atom. The molecule has 2 saturated heterocycles. The number of nitrogens with two attached hydrogens (primary N) is 1. The lowest BCUT2D eigenvalue weighted by Crippen LogP contribution is -2.44. The molecule has 2 fully saturated rings. The minimum absolute atomic E-state index is 0. The predicted molar refractivity (Wildman–Crippen MR) is 191 cm³/mol. The van der Waals surface area contributed by atoms with Crippen molar-refractivity contribution in [1.29, 1.82) is 0 Å². The zero-order chi connectivity index (χ0) is 36.7. The first kappa shape index (κ1) is 42.4. The summed E-state index contributed by atoms with van der Waals surface area (Å²) in [5.41, 5.74) is 5.34. The van der Waals surface area contributed by atoms with Gasteiger partial charge in [-0.05, 0) is 71.7 Å². The number of hydrogen-bond acceptors (Lipinski definition) is 11. The third-order valence-electron chi connectivity index (χ3n) is 7.33. The predicted octanol–water partition coefficient (Wildman–Crippen LogP) is 8.39.